The largest absolute Gasteiger partial charge is 0.489 e. The molecule has 0 aliphatic carbocycles. The van der Waals surface area contributed by atoms with Crippen LogP contribution in [-0.2, 0) is 11.4 Å². The summed E-state index contributed by atoms with van der Waals surface area (Å²) in [7, 11) is 1.83. The lowest BCUT2D eigenvalue weighted by atomic mass is 10.1. The molecule has 0 spiro atoms. The molecule has 0 aromatic heterocycles. The Morgan fingerprint density at radius 3 is 2.64 bits per heavy atom. The van der Waals surface area contributed by atoms with E-state index in [0.29, 0.717) is 18.2 Å². The molecule has 0 heterocycles. The van der Waals surface area contributed by atoms with Gasteiger partial charge in [0, 0.05) is 23.2 Å². The van der Waals surface area contributed by atoms with E-state index in [0.717, 1.165) is 22.6 Å². The highest BCUT2D eigenvalue weighted by molar-refractivity contribution is 6.30. The average molecular weight is 383 g/mol. The van der Waals surface area contributed by atoms with Crippen molar-refractivity contribution in [3.8, 4) is 5.75 Å². The predicted octanol–water partition coefficient (Wildman–Crippen LogP) is 4.44. The first kappa shape index (κ1) is 21.3. The number of halogens is 2. The maximum Gasteiger partial charge on any atom is 0.228 e. The van der Waals surface area contributed by atoms with Crippen LogP contribution in [0, 0.1) is 12.8 Å². The topological polar surface area (TPSA) is 50.4 Å². The van der Waals surface area contributed by atoms with Crippen LogP contribution in [0.4, 0.5) is 5.69 Å². The van der Waals surface area contributed by atoms with Crippen molar-refractivity contribution in [2.45, 2.75) is 20.5 Å². The van der Waals surface area contributed by atoms with E-state index in [1.165, 1.54) is 0 Å². The van der Waals surface area contributed by atoms with Gasteiger partial charge in [0.1, 0.15) is 12.4 Å². The van der Waals surface area contributed by atoms with Crippen LogP contribution in [0.2, 0.25) is 5.02 Å². The third-order valence-electron chi connectivity index (χ3n) is 3.71. The molecule has 2 N–H and O–H groups in total. The Hall–Kier alpha value is -1.75. The molecule has 6 heteroatoms. The third kappa shape index (κ3) is 6.58. The van der Waals surface area contributed by atoms with Crippen LogP contribution < -0.4 is 15.4 Å². The van der Waals surface area contributed by atoms with E-state index in [1.54, 1.807) is 0 Å². The summed E-state index contributed by atoms with van der Waals surface area (Å²) in [5, 5.41) is 6.65. The fourth-order valence-electron chi connectivity index (χ4n) is 2.31. The van der Waals surface area contributed by atoms with Gasteiger partial charge < -0.3 is 15.4 Å². The van der Waals surface area contributed by atoms with Crippen molar-refractivity contribution < 1.29 is 9.53 Å². The van der Waals surface area contributed by atoms with Gasteiger partial charge in [-0.05, 0) is 55.4 Å². The number of aryl methyl sites for hydroxylation is 1. The molecule has 0 fully saturated rings. The third-order valence-corrected chi connectivity index (χ3v) is 3.94. The second-order valence-corrected chi connectivity index (χ2v) is 6.28. The summed E-state index contributed by atoms with van der Waals surface area (Å²) in [6.07, 6.45) is 0. The van der Waals surface area contributed by atoms with Crippen LogP contribution in [0.5, 0.6) is 5.75 Å². The van der Waals surface area contributed by atoms with E-state index in [4.69, 9.17) is 16.3 Å². The first-order valence-corrected chi connectivity index (χ1v) is 8.30. The van der Waals surface area contributed by atoms with Crippen molar-refractivity contribution in [1.82, 2.24) is 5.32 Å². The molecule has 1 unspecified atom stereocenters. The highest BCUT2D eigenvalue weighted by Crippen LogP contribution is 2.23. The van der Waals surface area contributed by atoms with E-state index in [9.17, 15) is 4.79 Å². The van der Waals surface area contributed by atoms with E-state index < -0.39 is 0 Å². The summed E-state index contributed by atoms with van der Waals surface area (Å²) in [5.74, 6) is 0.668. The summed E-state index contributed by atoms with van der Waals surface area (Å²) >= 11 is 5.97. The van der Waals surface area contributed by atoms with Crippen LogP contribution in [0.15, 0.2) is 42.5 Å². The van der Waals surface area contributed by atoms with Crippen molar-refractivity contribution in [2.75, 3.05) is 18.9 Å². The van der Waals surface area contributed by atoms with Crippen LogP contribution in [0.3, 0.4) is 0 Å². The molecular formula is C19H24Cl2N2O2. The van der Waals surface area contributed by atoms with Crippen molar-refractivity contribution in [3.63, 3.8) is 0 Å². The SMILES string of the molecule is CNCC(C)C(=O)Nc1ccc(OCc2cccc(Cl)c2)cc1C.Cl. The van der Waals surface area contributed by atoms with Gasteiger partial charge in [-0.15, -0.1) is 12.4 Å². The van der Waals surface area contributed by atoms with Gasteiger partial charge in [0.25, 0.3) is 0 Å². The van der Waals surface area contributed by atoms with Gasteiger partial charge in [-0.3, -0.25) is 4.79 Å². The standard InChI is InChI=1S/C19H23ClN2O2.ClH/c1-13-9-17(24-12-15-5-4-6-16(20)10-15)7-8-18(13)22-19(23)14(2)11-21-3;/h4-10,14,21H,11-12H2,1-3H3,(H,22,23);1H. The van der Waals surface area contributed by atoms with Crippen molar-refractivity contribution in [1.29, 1.82) is 0 Å². The fourth-order valence-corrected chi connectivity index (χ4v) is 2.53. The molecule has 0 aliphatic heterocycles. The van der Waals surface area contributed by atoms with E-state index in [-0.39, 0.29) is 24.2 Å². The number of hydrogen-bond acceptors (Lipinski definition) is 3. The van der Waals surface area contributed by atoms with Gasteiger partial charge >= 0.3 is 0 Å². The Kier molecular flexibility index (Phi) is 8.76. The lowest BCUT2D eigenvalue weighted by molar-refractivity contribution is -0.119. The predicted molar refractivity (Wildman–Crippen MR) is 106 cm³/mol. The molecule has 2 aromatic carbocycles. The lowest BCUT2D eigenvalue weighted by Crippen LogP contribution is -2.28. The summed E-state index contributed by atoms with van der Waals surface area (Å²) in [4.78, 5) is 12.1. The Morgan fingerprint density at radius 2 is 2.00 bits per heavy atom. The molecule has 136 valence electrons. The van der Waals surface area contributed by atoms with Crippen LogP contribution in [0.25, 0.3) is 0 Å². The molecule has 0 saturated heterocycles. The minimum Gasteiger partial charge on any atom is -0.489 e. The van der Waals surface area contributed by atoms with Crippen LogP contribution >= 0.6 is 24.0 Å². The van der Waals surface area contributed by atoms with E-state index in [2.05, 4.69) is 10.6 Å². The van der Waals surface area contributed by atoms with E-state index >= 15 is 0 Å². The molecule has 2 aromatic rings. The van der Waals surface area contributed by atoms with Gasteiger partial charge in [-0.2, -0.15) is 0 Å². The smallest absolute Gasteiger partial charge is 0.228 e. The normalized spacial score (nSPS) is 11.4. The number of anilines is 1. The fraction of sp³-hybridized carbons (Fsp3) is 0.316. The number of rotatable bonds is 7. The first-order valence-electron chi connectivity index (χ1n) is 7.93. The number of amides is 1. The Bertz CT molecular complexity index is 708. The van der Waals surface area contributed by atoms with Gasteiger partial charge in [-0.25, -0.2) is 0 Å². The molecule has 4 nitrogen and oxygen atoms in total. The Morgan fingerprint density at radius 1 is 1.24 bits per heavy atom. The zero-order chi connectivity index (χ0) is 17.5. The monoisotopic (exact) mass is 382 g/mol. The molecule has 0 saturated carbocycles. The number of benzene rings is 2. The number of ether oxygens (including phenoxy) is 1. The van der Waals surface area contributed by atoms with Crippen molar-refractivity contribution in [2.24, 2.45) is 5.92 Å². The number of nitrogens with one attached hydrogen (secondary N) is 2. The summed E-state index contributed by atoms with van der Waals surface area (Å²) in [6.45, 7) is 4.94. The number of carbonyl (C=O) groups excluding carboxylic acids is 1. The first-order chi connectivity index (χ1) is 11.5. The van der Waals surface area contributed by atoms with Crippen molar-refractivity contribution in [3.05, 3.63) is 58.6 Å². The maximum atomic E-state index is 12.1. The van der Waals surface area contributed by atoms with E-state index in [1.807, 2.05) is 63.4 Å². The van der Waals surface area contributed by atoms with Crippen molar-refractivity contribution >= 4 is 35.6 Å². The molecule has 0 aliphatic rings. The lowest BCUT2D eigenvalue weighted by Gasteiger charge is -2.14. The maximum absolute atomic E-state index is 12.1. The molecule has 1 atom stereocenters. The van der Waals surface area contributed by atoms with Gasteiger partial charge in [-0.1, -0.05) is 30.7 Å². The summed E-state index contributed by atoms with van der Waals surface area (Å²) in [5.41, 5.74) is 2.78. The summed E-state index contributed by atoms with van der Waals surface area (Å²) < 4.78 is 5.79. The van der Waals surface area contributed by atoms with Crippen LogP contribution in [0.1, 0.15) is 18.1 Å². The van der Waals surface area contributed by atoms with Crippen LogP contribution in [-0.4, -0.2) is 19.5 Å². The Balaban J connectivity index is 0.00000312. The minimum absolute atomic E-state index is 0. The number of carbonyl (C=O) groups is 1. The molecule has 25 heavy (non-hydrogen) atoms. The van der Waals surface area contributed by atoms with Gasteiger partial charge in [0.2, 0.25) is 5.91 Å². The second kappa shape index (κ2) is 10.3. The summed E-state index contributed by atoms with van der Waals surface area (Å²) in [6, 6.07) is 13.2. The molecular weight excluding hydrogens is 359 g/mol. The minimum atomic E-state index is -0.0897. The highest BCUT2D eigenvalue weighted by Gasteiger charge is 2.13. The van der Waals surface area contributed by atoms with Gasteiger partial charge in [0.15, 0.2) is 0 Å². The Labute approximate surface area is 160 Å². The zero-order valence-electron chi connectivity index (χ0n) is 14.6. The van der Waals surface area contributed by atoms with Gasteiger partial charge in [0.05, 0.1) is 0 Å². The molecule has 1 amide bonds. The molecule has 2 rings (SSSR count). The number of hydrogen-bond donors (Lipinski definition) is 2. The zero-order valence-corrected chi connectivity index (χ0v) is 16.2. The average Bonchev–Trinajstić information content (AvgIpc) is 2.55. The quantitative estimate of drug-likeness (QED) is 0.743. The second-order valence-electron chi connectivity index (χ2n) is 5.84. The molecule has 0 bridgehead atoms. The molecule has 0 radical (unpaired) electrons. The highest BCUT2D eigenvalue weighted by atomic mass is 35.5.